The van der Waals surface area contributed by atoms with E-state index >= 15 is 0 Å². The van der Waals surface area contributed by atoms with Crippen molar-refractivity contribution in [1.82, 2.24) is 0 Å². The van der Waals surface area contributed by atoms with Crippen LogP contribution in [0.25, 0.3) is 0 Å². The molecule has 0 N–H and O–H groups in total. The number of para-hydroxylation sites is 1. The summed E-state index contributed by atoms with van der Waals surface area (Å²) in [6.07, 6.45) is 12.3. The Morgan fingerprint density at radius 2 is 1.28 bits per heavy atom. The van der Waals surface area contributed by atoms with Crippen molar-refractivity contribution < 1.29 is 9.59 Å². The highest BCUT2D eigenvalue weighted by Gasteiger charge is 2.76. The zero-order chi connectivity index (χ0) is 16.8. The molecule has 0 spiro atoms. The fourth-order valence-electron chi connectivity index (χ4n) is 7.56. The van der Waals surface area contributed by atoms with Gasteiger partial charge in [0.05, 0.1) is 17.5 Å². The molecular formula is C22H23NO2. The lowest BCUT2D eigenvalue weighted by molar-refractivity contribution is -0.232. The maximum Gasteiger partial charge on any atom is 0.238 e. The van der Waals surface area contributed by atoms with Gasteiger partial charge in [0.1, 0.15) is 0 Å². The monoisotopic (exact) mass is 333 g/mol. The van der Waals surface area contributed by atoms with Crippen molar-refractivity contribution in [2.45, 2.75) is 38.5 Å². The van der Waals surface area contributed by atoms with Gasteiger partial charge in [-0.1, -0.05) is 43.2 Å². The van der Waals surface area contributed by atoms with Gasteiger partial charge in [-0.05, 0) is 60.5 Å². The molecule has 25 heavy (non-hydrogen) atoms. The van der Waals surface area contributed by atoms with Crippen molar-refractivity contribution in [2.75, 3.05) is 4.90 Å². The molecule has 3 heteroatoms. The molecule has 3 nitrogen and oxygen atoms in total. The largest absolute Gasteiger partial charge is 0.274 e. The number of nitrogens with zero attached hydrogens (tertiary/aromatic N) is 1. The van der Waals surface area contributed by atoms with Crippen LogP contribution < -0.4 is 4.90 Å². The van der Waals surface area contributed by atoms with Crippen LogP contribution in [0.4, 0.5) is 5.69 Å². The molecular weight excluding hydrogens is 310 g/mol. The van der Waals surface area contributed by atoms with Crippen molar-refractivity contribution in [1.29, 1.82) is 0 Å². The third kappa shape index (κ3) is 1.39. The van der Waals surface area contributed by atoms with Gasteiger partial charge in [-0.2, -0.15) is 0 Å². The van der Waals surface area contributed by atoms with Gasteiger partial charge in [0.25, 0.3) is 0 Å². The van der Waals surface area contributed by atoms with Crippen molar-refractivity contribution in [3.63, 3.8) is 0 Å². The van der Waals surface area contributed by atoms with E-state index in [0.29, 0.717) is 10.8 Å². The van der Waals surface area contributed by atoms with Crippen LogP contribution in [0.5, 0.6) is 0 Å². The third-order valence-electron chi connectivity index (χ3n) is 8.49. The van der Waals surface area contributed by atoms with E-state index in [1.807, 2.05) is 30.3 Å². The minimum Gasteiger partial charge on any atom is -0.274 e. The van der Waals surface area contributed by atoms with Crippen LogP contribution in [-0.2, 0) is 9.59 Å². The first kappa shape index (κ1) is 14.3. The van der Waals surface area contributed by atoms with Gasteiger partial charge >= 0.3 is 0 Å². The second kappa shape index (κ2) is 4.44. The summed E-state index contributed by atoms with van der Waals surface area (Å²) < 4.78 is 0. The Labute approximate surface area is 148 Å². The number of imide groups is 1. The van der Waals surface area contributed by atoms with E-state index in [0.717, 1.165) is 5.69 Å². The van der Waals surface area contributed by atoms with E-state index in [1.165, 1.54) is 43.4 Å². The number of benzene rings is 1. The molecule has 4 fully saturated rings. The molecule has 5 aliphatic carbocycles. The molecule has 6 atom stereocenters. The van der Waals surface area contributed by atoms with Crippen LogP contribution in [0.15, 0.2) is 42.5 Å². The summed E-state index contributed by atoms with van der Waals surface area (Å²) in [6, 6.07) is 9.53. The van der Waals surface area contributed by atoms with Gasteiger partial charge in [0, 0.05) is 0 Å². The van der Waals surface area contributed by atoms with Crippen LogP contribution in [0.2, 0.25) is 0 Å². The molecule has 6 aliphatic rings. The van der Waals surface area contributed by atoms with Crippen molar-refractivity contribution in [3.8, 4) is 0 Å². The predicted octanol–water partition coefficient (Wildman–Crippen LogP) is 3.95. The summed E-state index contributed by atoms with van der Waals surface area (Å²) in [5, 5.41) is 0. The average Bonchev–Trinajstić information content (AvgIpc) is 2.90. The smallest absolute Gasteiger partial charge is 0.238 e. The Kier molecular flexibility index (Phi) is 2.53. The van der Waals surface area contributed by atoms with Crippen molar-refractivity contribution >= 4 is 17.5 Å². The SMILES string of the molecule is O=C1[C@@H]2[C@H](C(=O)N1c1ccccc1)[C@H]1C=C[C@H]2[C@]23CCCC[C@@]12CC3. The lowest BCUT2D eigenvalue weighted by Crippen LogP contribution is -2.69. The first-order valence-electron chi connectivity index (χ1n) is 9.81. The van der Waals surface area contributed by atoms with Gasteiger partial charge in [-0.25, -0.2) is 0 Å². The molecule has 7 rings (SSSR count). The van der Waals surface area contributed by atoms with E-state index in [2.05, 4.69) is 12.2 Å². The zero-order valence-corrected chi connectivity index (χ0v) is 14.4. The maximum absolute atomic E-state index is 13.4. The van der Waals surface area contributed by atoms with Gasteiger partial charge in [0.2, 0.25) is 11.8 Å². The normalized spacial score (nSPS) is 46.5. The van der Waals surface area contributed by atoms with Crippen LogP contribution in [0, 0.1) is 34.5 Å². The van der Waals surface area contributed by atoms with E-state index in [4.69, 9.17) is 0 Å². The second-order valence-corrected chi connectivity index (χ2v) is 8.85. The van der Waals surface area contributed by atoms with Crippen LogP contribution >= 0.6 is 0 Å². The van der Waals surface area contributed by atoms with Crippen molar-refractivity contribution in [2.24, 2.45) is 34.5 Å². The Morgan fingerprint density at radius 3 is 1.76 bits per heavy atom. The molecule has 2 amide bonds. The molecule has 2 bridgehead atoms. The number of amides is 2. The van der Waals surface area contributed by atoms with Crippen LogP contribution in [0.3, 0.4) is 0 Å². The Hall–Kier alpha value is -1.90. The molecule has 1 heterocycles. The molecule has 1 aromatic rings. The summed E-state index contributed by atoms with van der Waals surface area (Å²) in [5.74, 6) is 0.439. The first-order valence-corrected chi connectivity index (χ1v) is 9.81. The number of hydrogen-bond acceptors (Lipinski definition) is 2. The lowest BCUT2D eigenvalue weighted by atomic mass is 9.29. The number of carbonyl (C=O) groups is 2. The number of carbonyl (C=O) groups excluding carboxylic acids is 2. The minimum atomic E-state index is -0.116. The standard InChI is InChI=1S/C22H23NO2/c24-19-17-15-8-9-16(22-11-5-4-10-21(15,22)12-13-22)18(17)20(25)23(19)14-6-2-1-3-7-14/h1-3,6-9,15-18H,4-5,10-13H2/t15-,16-,17-,18+,21-,22-/m1/s1. The topological polar surface area (TPSA) is 37.4 Å². The van der Waals surface area contributed by atoms with E-state index in [-0.39, 0.29) is 35.5 Å². The Morgan fingerprint density at radius 1 is 0.760 bits per heavy atom. The van der Waals surface area contributed by atoms with Crippen LogP contribution in [0.1, 0.15) is 38.5 Å². The summed E-state index contributed by atoms with van der Waals surface area (Å²) >= 11 is 0. The van der Waals surface area contributed by atoms with Crippen molar-refractivity contribution in [3.05, 3.63) is 42.5 Å². The summed E-state index contributed by atoms with van der Waals surface area (Å²) in [7, 11) is 0. The molecule has 0 aromatic heterocycles. The van der Waals surface area contributed by atoms with Gasteiger partial charge in [-0.3, -0.25) is 14.5 Å². The van der Waals surface area contributed by atoms with E-state index in [1.54, 1.807) is 0 Å². The fourth-order valence-corrected chi connectivity index (χ4v) is 7.56. The number of rotatable bonds is 1. The zero-order valence-electron chi connectivity index (χ0n) is 14.4. The third-order valence-corrected chi connectivity index (χ3v) is 8.49. The number of hydrogen-bond donors (Lipinski definition) is 0. The lowest BCUT2D eigenvalue weighted by Gasteiger charge is -2.74. The molecule has 128 valence electrons. The Bertz CT molecular complexity index is 767. The first-order chi connectivity index (χ1) is 12.2. The van der Waals surface area contributed by atoms with E-state index in [9.17, 15) is 9.59 Å². The van der Waals surface area contributed by atoms with Gasteiger partial charge < -0.3 is 0 Å². The summed E-state index contributed by atoms with van der Waals surface area (Å²) in [5.41, 5.74) is 1.37. The summed E-state index contributed by atoms with van der Waals surface area (Å²) in [6.45, 7) is 0. The molecule has 1 saturated heterocycles. The number of allylic oxidation sites excluding steroid dienone is 2. The second-order valence-electron chi connectivity index (χ2n) is 8.85. The predicted molar refractivity (Wildman–Crippen MR) is 94.6 cm³/mol. The molecule has 1 aliphatic heterocycles. The van der Waals surface area contributed by atoms with Gasteiger partial charge in [0.15, 0.2) is 0 Å². The van der Waals surface area contributed by atoms with Gasteiger partial charge in [-0.15, -0.1) is 0 Å². The highest BCUT2D eigenvalue weighted by molar-refractivity contribution is 6.22. The Balaban J connectivity index is 1.50. The number of anilines is 1. The molecule has 0 radical (unpaired) electrons. The average molecular weight is 333 g/mol. The molecule has 0 unspecified atom stereocenters. The van der Waals surface area contributed by atoms with Crippen LogP contribution in [-0.4, -0.2) is 11.8 Å². The van der Waals surface area contributed by atoms with E-state index < -0.39 is 0 Å². The fraction of sp³-hybridized carbons (Fsp3) is 0.545. The minimum absolute atomic E-state index is 0.0565. The highest BCUT2D eigenvalue weighted by atomic mass is 16.2. The molecule has 1 aromatic carbocycles. The summed E-state index contributed by atoms with van der Waals surface area (Å²) in [4.78, 5) is 28.2. The molecule has 3 saturated carbocycles. The quantitative estimate of drug-likeness (QED) is 0.576. The highest BCUT2D eigenvalue weighted by Crippen LogP contribution is 2.79. The maximum atomic E-state index is 13.4.